The molecule has 190 valence electrons. The Balaban J connectivity index is 1.31. The normalized spacial score (nSPS) is 13.0. The molecule has 0 bridgehead atoms. The average Bonchev–Trinajstić information content (AvgIpc) is 3.34. The maximum absolute atomic E-state index is 6.57. The van der Waals surface area contributed by atoms with Gasteiger partial charge in [0, 0.05) is 48.5 Å². The minimum Gasteiger partial charge on any atom is -0.456 e. The highest BCUT2D eigenvalue weighted by atomic mass is 32.2. The lowest BCUT2D eigenvalue weighted by Crippen LogP contribution is -2.06. The summed E-state index contributed by atoms with van der Waals surface area (Å²) in [5.74, 6) is 2.40. The molecule has 0 spiro atoms. The Hall–Kier alpha value is -5.13. The molecule has 8 aromatic rings. The summed E-state index contributed by atoms with van der Waals surface area (Å²) in [4.78, 5) is 12.9. The molecular weight excluding hydrogens is 522 g/mol. The van der Waals surface area contributed by atoms with Gasteiger partial charge in [0.15, 0.2) is 0 Å². The van der Waals surface area contributed by atoms with Gasteiger partial charge in [-0.25, -0.2) is 9.97 Å². The smallest absolute Gasteiger partial charge is 0.235 e. The van der Waals surface area contributed by atoms with Crippen LogP contribution >= 0.6 is 11.8 Å². The number of para-hydroxylation sites is 1. The van der Waals surface area contributed by atoms with Crippen LogP contribution < -0.4 is 4.74 Å². The van der Waals surface area contributed by atoms with Gasteiger partial charge in [0.05, 0.1) is 22.2 Å². The third-order valence-corrected chi connectivity index (χ3v) is 9.52. The first-order valence-corrected chi connectivity index (χ1v) is 14.5. The number of hydrogen-bond donors (Lipinski definition) is 0. The van der Waals surface area contributed by atoms with E-state index in [0.29, 0.717) is 5.95 Å². The summed E-state index contributed by atoms with van der Waals surface area (Å²) in [5.41, 5.74) is 7.48. The third kappa shape index (κ3) is 2.86. The number of benzene rings is 6. The SMILES string of the molecule is c1ccc2c(c1)Sc1cccc3nc(-n4c5ccccc5c5cc6c(cc54)Oc4cccc5cccc-6c45)nc-2c13. The van der Waals surface area contributed by atoms with Crippen molar-refractivity contribution in [2.45, 2.75) is 9.79 Å². The quantitative estimate of drug-likeness (QED) is 0.207. The highest BCUT2D eigenvalue weighted by Gasteiger charge is 2.26. The molecule has 4 heterocycles. The topological polar surface area (TPSA) is 39.9 Å². The van der Waals surface area contributed by atoms with Crippen molar-refractivity contribution in [3.8, 4) is 39.8 Å². The summed E-state index contributed by atoms with van der Waals surface area (Å²) in [6, 6.07) is 40.6. The zero-order chi connectivity index (χ0) is 26.7. The van der Waals surface area contributed by atoms with Gasteiger partial charge in [0.25, 0.3) is 0 Å². The van der Waals surface area contributed by atoms with E-state index in [9.17, 15) is 0 Å². The van der Waals surface area contributed by atoms with E-state index >= 15 is 0 Å². The molecule has 0 N–H and O–H groups in total. The van der Waals surface area contributed by atoms with Gasteiger partial charge < -0.3 is 4.74 Å². The molecule has 0 saturated heterocycles. The van der Waals surface area contributed by atoms with Gasteiger partial charge in [-0.15, -0.1) is 0 Å². The van der Waals surface area contributed by atoms with Crippen molar-refractivity contribution in [1.82, 2.24) is 14.5 Å². The number of nitrogens with zero attached hydrogens (tertiary/aromatic N) is 3. The number of fused-ring (bicyclic) bond motifs is 7. The standard InChI is InChI=1S/C36H19N3OS/c1-3-14-27-21(10-1)24-18-25-22-12-5-8-20-9-6-15-29(33(20)22)40-30(25)19-28(24)39(27)36-37-26-13-7-17-32-34(26)35(38-36)23-11-2-4-16-31(23)41-32/h1-19H. The van der Waals surface area contributed by atoms with Gasteiger partial charge in [-0.3, -0.25) is 4.57 Å². The largest absolute Gasteiger partial charge is 0.456 e. The first-order valence-electron chi connectivity index (χ1n) is 13.7. The molecule has 5 heteroatoms. The number of ether oxygens (including phenoxy) is 1. The van der Waals surface area contributed by atoms with Crippen LogP contribution in [-0.4, -0.2) is 14.5 Å². The molecule has 2 aliphatic heterocycles. The van der Waals surface area contributed by atoms with Gasteiger partial charge in [-0.2, -0.15) is 0 Å². The Bertz CT molecular complexity index is 2440. The molecule has 41 heavy (non-hydrogen) atoms. The van der Waals surface area contributed by atoms with E-state index in [4.69, 9.17) is 14.7 Å². The van der Waals surface area contributed by atoms with Gasteiger partial charge in [0.2, 0.25) is 5.95 Å². The zero-order valence-corrected chi connectivity index (χ0v) is 22.4. The van der Waals surface area contributed by atoms with E-state index < -0.39 is 0 Å². The Morgan fingerprint density at radius 1 is 0.561 bits per heavy atom. The Morgan fingerprint density at radius 2 is 1.37 bits per heavy atom. The van der Waals surface area contributed by atoms with Crippen molar-refractivity contribution in [3.05, 3.63) is 115 Å². The highest BCUT2D eigenvalue weighted by Crippen LogP contribution is 2.50. The van der Waals surface area contributed by atoms with E-state index in [1.807, 2.05) is 0 Å². The van der Waals surface area contributed by atoms with Crippen molar-refractivity contribution < 1.29 is 4.74 Å². The van der Waals surface area contributed by atoms with Gasteiger partial charge in [0.1, 0.15) is 11.5 Å². The first kappa shape index (κ1) is 21.7. The lowest BCUT2D eigenvalue weighted by atomic mass is 9.93. The van der Waals surface area contributed by atoms with E-state index in [-0.39, 0.29) is 0 Å². The maximum Gasteiger partial charge on any atom is 0.235 e. The molecule has 10 rings (SSSR count). The van der Waals surface area contributed by atoms with Gasteiger partial charge in [-0.1, -0.05) is 84.6 Å². The second kappa shape index (κ2) is 7.74. The van der Waals surface area contributed by atoms with E-state index in [2.05, 4.69) is 120 Å². The molecule has 2 aromatic heterocycles. The molecule has 0 aliphatic carbocycles. The Kier molecular flexibility index (Phi) is 4.09. The minimum atomic E-state index is 0.663. The summed E-state index contributed by atoms with van der Waals surface area (Å²) in [6.45, 7) is 0. The van der Waals surface area contributed by atoms with Crippen LogP contribution in [0.15, 0.2) is 125 Å². The van der Waals surface area contributed by atoms with E-state index in [1.54, 1.807) is 11.8 Å². The number of aromatic nitrogens is 3. The van der Waals surface area contributed by atoms with Crippen molar-refractivity contribution in [1.29, 1.82) is 0 Å². The molecule has 0 fully saturated rings. The first-order chi connectivity index (χ1) is 20.3. The van der Waals surface area contributed by atoms with E-state index in [0.717, 1.165) is 61.0 Å². The Morgan fingerprint density at radius 3 is 2.34 bits per heavy atom. The van der Waals surface area contributed by atoms with Crippen LogP contribution in [0.1, 0.15) is 0 Å². The average molecular weight is 542 g/mol. The predicted molar refractivity (Wildman–Crippen MR) is 166 cm³/mol. The lowest BCUT2D eigenvalue weighted by Gasteiger charge is -2.22. The summed E-state index contributed by atoms with van der Waals surface area (Å²) in [5, 5.41) is 5.78. The zero-order valence-electron chi connectivity index (χ0n) is 21.6. The van der Waals surface area contributed by atoms with Crippen LogP contribution in [0, 0.1) is 0 Å². The predicted octanol–water partition coefficient (Wildman–Crippen LogP) is 9.78. The Labute approximate surface area is 238 Å². The van der Waals surface area contributed by atoms with Crippen LogP contribution in [-0.2, 0) is 0 Å². The fraction of sp³-hybridized carbons (Fsp3) is 0. The molecule has 0 radical (unpaired) electrons. The summed E-state index contributed by atoms with van der Waals surface area (Å²) >= 11 is 1.79. The summed E-state index contributed by atoms with van der Waals surface area (Å²) in [7, 11) is 0. The maximum atomic E-state index is 6.57. The minimum absolute atomic E-state index is 0.663. The van der Waals surface area contributed by atoms with Crippen molar-refractivity contribution in [2.75, 3.05) is 0 Å². The van der Waals surface area contributed by atoms with Crippen LogP contribution in [0.5, 0.6) is 11.5 Å². The van der Waals surface area contributed by atoms with Crippen molar-refractivity contribution in [2.24, 2.45) is 0 Å². The fourth-order valence-corrected chi connectivity index (χ4v) is 7.74. The van der Waals surface area contributed by atoms with Crippen molar-refractivity contribution >= 4 is 55.2 Å². The van der Waals surface area contributed by atoms with Crippen LogP contribution in [0.4, 0.5) is 0 Å². The highest BCUT2D eigenvalue weighted by molar-refractivity contribution is 7.99. The third-order valence-electron chi connectivity index (χ3n) is 8.39. The van der Waals surface area contributed by atoms with Crippen molar-refractivity contribution in [3.63, 3.8) is 0 Å². The summed E-state index contributed by atoms with van der Waals surface area (Å²) < 4.78 is 8.77. The second-order valence-electron chi connectivity index (χ2n) is 10.6. The molecular formula is C36H19N3OS. The van der Waals surface area contributed by atoms with Crippen LogP contribution in [0.25, 0.3) is 71.8 Å². The van der Waals surface area contributed by atoms with Gasteiger partial charge in [-0.05, 0) is 47.3 Å². The fourth-order valence-electron chi connectivity index (χ4n) is 6.63. The molecule has 0 saturated carbocycles. The molecule has 0 unspecified atom stereocenters. The number of rotatable bonds is 1. The summed E-state index contributed by atoms with van der Waals surface area (Å²) in [6.07, 6.45) is 0. The van der Waals surface area contributed by atoms with Gasteiger partial charge >= 0.3 is 0 Å². The molecule has 4 nitrogen and oxygen atoms in total. The lowest BCUT2D eigenvalue weighted by molar-refractivity contribution is 0.487. The molecule has 0 amide bonds. The van der Waals surface area contributed by atoms with E-state index in [1.165, 1.54) is 26.1 Å². The monoisotopic (exact) mass is 541 g/mol. The molecule has 6 aromatic carbocycles. The van der Waals surface area contributed by atoms with Crippen LogP contribution in [0.2, 0.25) is 0 Å². The number of hydrogen-bond acceptors (Lipinski definition) is 4. The molecule has 0 atom stereocenters. The second-order valence-corrected chi connectivity index (χ2v) is 11.7. The van der Waals surface area contributed by atoms with Crippen LogP contribution in [0.3, 0.4) is 0 Å². The molecule has 2 aliphatic rings.